The highest BCUT2D eigenvalue weighted by Crippen LogP contribution is 2.13. The standard InChI is InChI=1S/C28H36N4O6/c1-17(2)24(28(37)38)32-27(36)23(16-19-10-12-20(33)13-11-19)31-26(35)22(15-18-7-4-3-5-8-18)30-25(34)21-9-6-14-29-21/h3-5,7-8,10-13,17,21-24,29,33H,6,9,14-16H2,1-2H3,(H,30,34)(H,31,35)(H,32,36)(H,37,38). The highest BCUT2D eigenvalue weighted by molar-refractivity contribution is 5.94. The average Bonchev–Trinajstić information content (AvgIpc) is 3.43. The van der Waals surface area contributed by atoms with Crippen LogP contribution in [-0.2, 0) is 32.0 Å². The van der Waals surface area contributed by atoms with Crippen molar-refractivity contribution in [1.82, 2.24) is 21.3 Å². The summed E-state index contributed by atoms with van der Waals surface area (Å²) in [6.07, 6.45) is 1.80. The topological polar surface area (TPSA) is 157 Å². The Balaban J connectivity index is 1.83. The van der Waals surface area contributed by atoms with Crippen molar-refractivity contribution in [3.05, 3.63) is 65.7 Å². The van der Waals surface area contributed by atoms with Gasteiger partial charge in [0.05, 0.1) is 6.04 Å². The zero-order valence-electron chi connectivity index (χ0n) is 21.6. The SMILES string of the molecule is CC(C)C(NC(=O)C(Cc1ccc(O)cc1)NC(=O)C(Cc1ccccc1)NC(=O)C1CCCN1)C(=O)O. The van der Waals surface area contributed by atoms with Crippen LogP contribution in [0.2, 0.25) is 0 Å². The lowest BCUT2D eigenvalue weighted by atomic mass is 10.0. The van der Waals surface area contributed by atoms with E-state index in [-0.39, 0.29) is 36.5 Å². The van der Waals surface area contributed by atoms with Crippen molar-refractivity contribution in [1.29, 1.82) is 0 Å². The van der Waals surface area contributed by atoms with Crippen molar-refractivity contribution in [2.75, 3.05) is 6.54 Å². The third-order valence-electron chi connectivity index (χ3n) is 6.53. The maximum Gasteiger partial charge on any atom is 0.326 e. The number of aromatic hydroxyl groups is 1. The molecule has 4 unspecified atom stereocenters. The number of rotatable bonds is 12. The van der Waals surface area contributed by atoms with E-state index in [1.807, 2.05) is 30.3 Å². The van der Waals surface area contributed by atoms with Crippen LogP contribution in [0, 0.1) is 5.92 Å². The molecule has 1 aliphatic rings. The second-order valence-corrected chi connectivity index (χ2v) is 9.90. The van der Waals surface area contributed by atoms with Gasteiger partial charge in [-0.15, -0.1) is 0 Å². The maximum atomic E-state index is 13.5. The molecule has 10 heteroatoms. The molecule has 2 aromatic rings. The molecule has 1 saturated heterocycles. The molecular formula is C28H36N4O6. The minimum atomic E-state index is -1.18. The lowest BCUT2D eigenvalue weighted by molar-refractivity contribution is -0.143. The fourth-order valence-corrected chi connectivity index (χ4v) is 4.36. The Labute approximate surface area is 222 Å². The third-order valence-corrected chi connectivity index (χ3v) is 6.53. The first-order chi connectivity index (χ1) is 18.1. The number of carbonyl (C=O) groups is 4. The van der Waals surface area contributed by atoms with Crippen molar-refractivity contribution >= 4 is 23.7 Å². The Bertz CT molecular complexity index is 1100. The number of carboxylic acid groups (broad SMARTS) is 1. The lowest BCUT2D eigenvalue weighted by Gasteiger charge is -2.26. The van der Waals surface area contributed by atoms with E-state index < -0.39 is 35.9 Å². The molecule has 0 aromatic heterocycles. The zero-order chi connectivity index (χ0) is 27.7. The van der Waals surface area contributed by atoms with Gasteiger partial charge < -0.3 is 31.5 Å². The van der Waals surface area contributed by atoms with Gasteiger partial charge in [0.15, 0.2) is 0 Å². The Kier molecular flexibility index (Phi) is 10.2. The van der Waals surface area contributed by atoms with Crippen molar-refractivity contribution in [3.63, 3.8) is 0 Å². The quantitative estimate of drug-likeness (QED) is 0.243. The first-order valence-electron chi connectivity index (χ1n) is 12.8. The Hall–Kier alpha value is -3.92. The predicted octanol–water partition coefficient (Wildman–Crippen LogP) is 1.12. The highest BCUT2D eigenvalue weighted by Gasteiger charge is 2.32. The minimum absolute atomic E-state index is 0.0516. The van der Waals surface area contributed by atoms with Crippen LogP contribution in [0.5, 0.6) is 5.75 Å². The van der Waals surface area contributed by atoms with Crippen LogP contribution in [-0.4, -0.2) is 64.6 Å². The van der Waals surface area contributed by atoms with E-state index in [0.717, 1.165) is 18.5 Å². The summed E-state index contributed by atoms with van der Waals surface area (Å²) in [6, 6.07) is 11.8. The van der Waals surface area contributed by atoms with Crippen LogP contribution >= 0.6 is 0 Å². The van der Waals surface area contributed by atoms with E-state index in [1.54, 1.807) is 26.0 Å². The number of phenols is 1. The molecule has 0 bridgehead atoms. The molecule has 204 valence electrons. The fourth-order valence-electron chi connectivity index (χ4n) is 4.36. The monoisotopic (exact) mass is 524 g/mol. The van der Waals surface area contributed by atoms with Crippen LogP contribution in [0.25, 0.3) is 0 Å². The normalized spacial score (nSPS) is 17.3. The largest absolute Gasteiger partial charge is 0.508 e. The lowest BCUT2D eigenvalue weighted by Crippen LogP contribution is -2.58. The smallest absolute Gasteiger partial charge is 0.326 e. The fraction of sp³-hybridized carbons (Fsp3) is 0.429. The molecule has 0 aliphatic carbocycles. The molecule has 6 N–H and O–H groups in total. The summed E-state index contributed by atoms with van der Waals surface area (Å²) in [7, 11) is 0. The summed E-state index contributed by atoms with van der Waals surface area (Å²) < 4.78 is 0. The summed E-state index contributed by atoms with van der Waals surface area (Å²) in [5.41, 5.74) is 1.48. The molecule has 0 radical (unpaired) electrons. The van der Waals surface area contributed by atoms with Gasteiger partial charge in [-0.25, -0.2) is 4.79 Å². The molecule has 3 amide bonds. The van der Waals surface area contributed by atoms with Gasteiger partial charge >= 0.3 is 5.97 Å². The number of phenolic OH excluding ortho intramolecular Hbond substituents is 1. The van der Waals surface area contributed by atoms with E-state index in [4.69, 9.17) is 0 Å². The van der Waals surface area contributed by atoms with Gasteiger partial charge in [0, 0.05) is 12.8 Å². The number of amides is 3. The molecule has 4 atom stereocenters. The second-order valence-electron chi connectivity index (χ2n) is 9.90. The van der Waals surface area contributed by atoms with E-state index in [9.17, 15) is 29.4 Å². The number of aliphatic carboxylic acids is 1. The Morgan fingerprint density at radius 3 is 2.00 bits per heavy atom. The van der Waals surface area contributed by atoms with Crippen LogP contribution in [0.1, 0.15) is 37.8 Å². The van der Waals surface area contributed by atoms with Gasteiger partial charge in [-0.05, 0) is 48.6 Å². The van der Waals surface area contributed by atoms with Crippen LogP contribution < -0.4 is 21.3 Å². The molecule has 3 rings (SSSR count). The summed E-state index contributed by atoms with van der Waals surface area (Å²) in [5, 5.41) is 30.4. The van der Waals surface area contributed by atoms with Gasteiger partial charge in [-0.2, -0.15) is 0 Å². The molecule has 10 nitrogen and oxygen atoms in total. The molecular weight excluding hydrogens is 488 g/mol. The molecule has 2 aromatic carbocycles. The number of nitrogens with one attached hydrogen (secondary N) is 4. The summed E-state index contributed by atoms with van der Waals surface area (Å²) in [4.78, 5) is 51.3. The van der Waals surface area contributed by atoms with Crippen molar-refractivity contribution in [2.45, 2.75) is 63.7 Å². The number of carbonyl (C=O) groups excluding carboxylic acids is 3. The highest BCUT2D eigenvalue weighted by atomic mass is 16.4. The Morgan fingerprint density at radius 2 is 1.45 bits per heavy atom. The van der Waals surface area contributed by atoms with Crippen LogP contribution in [0.3, 0.4) is 0 Å². The summed E-state index contributed by atoms with van der Waals surface area (Å²) in [6.45, 7) is 4.08. The molecule has 38 heavy (non-hydrogen) atoms. The number of benzene rings is 2. The summed E-state index contributed by atoms with van der Waals surface area (Å²) >= 11 is 0. The van der Waals surface area contributed by atoms with Crippen LogP contribution in [0.4, 0.5) is 0 Å². The van der Waals surface area contributed by atoms with E-state index in [1.165, 1.54) is 12.1 Å². The van der Waals surface area contributed by atoms with Crippen molar-refractivity contribution in [2.24, 2.45) is 5.92 Å². The van der Waals surface area contributed by atoms with Gasteiger partial charge in [-0.1, -0.05) is 56.3 Å². The first kappa shape index (κ1) is 28.6. The Morgan fingerprint density at radius 1 is 0.868 bits per heavy atom. The second kappa shape index (κ2) is 13.6. The van der Waals surface area contributed by atoms with Gasteiger partial charge in [0.2, 0.25) is 17.7 Å². The summed E-state index contributed by atoms with van der Waals surface area (Å²) in [5.74, 6) is -3.02. The molecule has 1 fully saturated rings. The zero-order valence-corrected chi connectivity index (χ0v) is 21.6. The number of hydrogen-bond donors (Lipinski definition) is 6. The molecule has 0 spiro atoms. The van der Waals surface area contributed by atoms with Crippen molar-refractivity contribution < 1.29 is 29.4 Å². The van der Waals surface area contributed by atoms with Gasteiger partial charge in [-0.3, -0.25) is 14.4 Å². The van der Waals surface area contributed by atoms with E-state index in [0.29, 0.717) is 12.0 Å². The third kappa shape index (κ3) is 8.31. The van der Waals surface area contributed by atoms with Crippen LogP contribution in [0.15, 0.2) is 54.6 Å². The first-order valence-corrected chi connectivity index (χ1v) is 12.8. The number of carboxylic acids is 1. The molecule has 1 aliphatic heterocycles. The molecule has 1 heterocycles. The van der Waals surface area contributed by atoms with E-state index in [2.05, 4.69) is 21.3 Å². The van der Waals surface area contributed by atoms with Gasteiger partial charge in [0.25, 0.3) is 0 Å². The maximum absolute atomic E-state index is 13.5. The van der Waals surface area contributed by atoms with E-state index >= 15 is 0 Å². The average molecular weight is 525 g/mol. The van der Waals surface area contributed by atoms with Gasteiger partial charge in [0.1, 0.15) is 23.9 Å². The van der Waals surface area contributed by atoms with Crippen molar-refractivity contribution in [3.8, 4) is 5.75 Å². The predicted molar refractivity (Wildman–Crippen MR) is 141 cm³/mol. The number of hydrogen-bond acceptors (Lipinski definition) is 6. The minimum Gasteiger partial charge on any atom is -0.508 e. The molecule has 0 saturated carbocycles.